The van der Waals surface area contributed by atoms with Crippen LogP contribution in [0.1, 0.15) is 73.1 Å². The molecule has 0 saturated carbocycles. The highest BCUT2D eigenvalue weighted by atomic mass is 16.3. The normalized spacial score (nSPS) is 14.9. The average Bonchev–Trinajstić information content (AvgIpc) is 2.25. The van der Waals surface area contributed by atoms with Gasteiger partial charge in [0.25, 0.3) is 0 Å². The Kier molecular flexibility index (Phi) is 8.66. The number of hydrogen-bond donors (Lipinski definition) is 1. The maximum absolute atomic E-state index is 10.9. The van der Waals surface area contributed by atoms with E-state index >= 15 is 0 Å². The lowest BCUT2D eigenvalue weighted by Gasteiger charge is -2.21. The average molecular weight is 266 g/mol. The minimum absolute atomic E-state index is 0.198. The van der Waals surface area contributed by atoms with Gasteiger partial charge in [-0.05, 0) is 66.7 Å². The quantitative estimate of drug-likeness (QED) is 0.620. The standard InChI is InChI=1S/C17H30O2/c1-14(2)8-6-9-15(3)11-13-17(5,19)12-7-10-16(4)18/h8,11,19H,6-7,9-10,12-13H2,1-5H3. The van der Waals surface area contributed by atoms with Crippen molar-refractivity contribution >= 4 is 5.78 Å². The van der Waals surface area contributed by atoms with Crippen molar-refractivity contribution < 1.29 is 9.90 Å². The van der Waals surface area contributed by atoms with Gasteiger partial charge in [0.2, 0.25) is 0 Å². The smallest absolute Gasteiger partial charge is 0.129 e. The molecule has 0 amide bonds. The fourth-order valence-electron chi connectivity index (χ4n) is 1.90. The highest BCUT2D eigenvalue weighted by Crippen LogP contribution is 2.20. The number of Topliss-reactive ketones (excluding diaryl/α,β-unsaturated/α-hetero) is 1. The van der Waals surface area contributed by atoms with Crippen molar-refractivity contribution in [3.63, 3.8) is 0 Å². The number of aliphatic hydroxyl groups is 1. The predicted octanol–water partition coefficient (Wildman–Crippen LogP) is 4.58. The van der Waals surface area contributed by atoms with Crippen LogP contribution < -0.4 is 0 Å². The summed E-state index contributed by atoms with van der Waals surface area (Å²) < 4.78 is 0. The van der Waals surface area contributed by atoms with Crippen LogP contribution in [0, 0.1) is 0 Å². The Morgan fingerprint density at radius 3 is 2.26 bits per heavy atom. The third kappa shape index (κ3) is 11.9. The monoisotopic (exact) mass is 266 g/mol. The summed E-state index contributed by atoms with van der Waals surface area (Å²) in [5.74, 6) is 0.198. The first-order valence-corrected chi connectivity index (χ1v) is 7.24. The summed E-state index contributed by atoms with van der Waals surface area (Å²) in [6, 6.07) is 0. The highest BCUT2D eigenvalue weighted by molar-refractivity contribution is 5.75. The van der Waals surface area contributed by atoms with Gasteiger partial charge < -0.3 is 9.90 Å². The van der Waals surface area contributed by atoms with Gasteiger partial charge in [-0.3, -0.25) is 0 Å². The van der Waals surface area contributed by atoms with Crippen molar-refractivity contribution in [2.75, 3.05) is 0 Å². The molecule has 0 rings (SSSR count). The van der Waals surface area contributed by atoms with E-state index in [0.29, 0.717) is 19.3 Å². The lowest BCUT2D eigenvalue weighted by molar-refractivity contribution is -0.117. The molecule has 0 fully saturated rings. The largest absolute Gasteiger partial charge is 0.390 e. The molecular formula is C17H30O2. The van der Waals surface area contributed by atoms with E-state index in [2.05, 4.69) is 32.9 Å². The zero-order valence-corrected chi connectivity index (χ0v) is 13.3. The summed E-state index contributed by atoms with van der Waals surface area (Å²) in [5, 5.41) is 10.2. The van der Waals surface area contributed by atoms with Gasteiger partial charge in [0, 0.05) is 6.42 Å². The van der Waals surface area contributed by atoms with Crippen LogP contribution in [0.25, 0.3) is 0 Å². The Morgan fingerprint density at radius 2 is 1.74 bits per heavy atom. The summed E-state index contributed by atoms with van der Waals surface area (Å²) in [7, 11) is 0. The van der Waals surface area contributed by atoms with Crippen LogP contribution in [-0.4, -0.2) is 16.5 Å². The Labute approximate surface area is 118 Å². The predicted molar refractivity (Wildman–Crippen MR) is 82.2 cm³/mol. The van der Waals surface area contributed by atoms with Crippen molar-refractivity contribution in [1.29, 1.82) is 0 Å². The zero-order chi connectivity index (χ0) is 14.9. The number of ketones is 1. The van der Waals surface area contributed by atoms with Crippen molar-refractivity contribution in [3.05, 3.63) is 23.3 Å². The second kappa shape index (κ2) is 9.08. The Bertz CT molecular complexity index is 331. The molecule has 0 spiro atoms. The van der Waals surface area contributed by atoms with E-state index in [9.17, 15) is 9.90 Å². The lowest BCUT2D eigenvalue weighted by Crippen LogP contribution is -2.23. The summed E-state index contributed by atoms with van der Waals surface area (Å²) in [6.45, 7) is 9.79. The first kappa shape index (κ1) is 18.1. The molecule has 1 atom stereocenters. The van der Waals surface area contributed by atoms with Gasteiger partial charge in [0.05, 0.1) is 5.60 Å². The minimum atomic E-state index is -0.687. The van der Waals surface area contributed by atoms with Crippen LogP contribution in [0.2, 0.25) is 0 Å². The fourth-order valence-corrected chi connectivity index (χ4v) is 1.90. The second-order valence-corrected chi connectivity index (χ2v) is 6.13. The molecule has 2 nitrogen and oxygen atoms in total. The molecule has 0 aliphatic heterocycles. The highest BCUT2D eigenvalue weighted by Gasteiger charge is 2.18. The number of carbonyl (C=O) groups is 1. The van der Waals surface area contributed by atoms with Crippen molar-refractivity contribution in [2.45, 2.75) is 78.7 Å². The van der Waals surface area contributed by atoms with Crippen molar-refractivity contribution in [1.82, 2.24) is 0 Å². The van der Waals surface area contributed by atoms with Gasteiger partial charge in [-0.1, -0.05) is 23.3 Å². The molecule has 0 heterocycles. The third-order valence-corrected chi connectivity index (χ3v) is 3.23. The Morgan fingerprint density at radius 1 is 1.11 bits per heavy atom. The molecule has 0 aliphatic carbocycles. The molecule has 2 heteroatoms. The van der Waals surface area contributed by atoms with Gasteiger partial charge >= 0.3 is 0 Å². The van der Waals surface area contributed by atoms with Crippen LogP contribution in [0.5, 0.6) is 0 Å². The molecule has 0 aromatic rings. The summed E-state index contributed by atoms with van der Waals surface area (Å²) in [4.78, 5) is 10.9. The van der Waals surface area contributed by atoms with E-state index in [1.54, 1.807) is 6.92 Å². The zero-order valence-electron chi connectivity index (χ0n) is 13.3. The Hall–Kier alpha value is -0.890. The van der Waals surface area contributed by atoms with Gasteiger partial charge in [-0.25, -0.2) is 0 Å². The summed E-state index contributed by atoms with van der Waals surface area (Å²) >= 11 is 0. The molecule has 0 aromatic heterocycles. The van der Waals surface area contributed by atoms with E-state index in [1.165, 1.54) is 11.1 Å². The van der Waals surface area contributed by atoms with Crippen LogP contribution in [0.4, 0.5) is 0 Å². The van der Waals surface area contributed by atoms with Gasteiger partial charge in [-0.15, -0.1) is 0 Å². The summed E-state index contributed by atoms with van der Waals surface area (Å²) in [6.07, 6.45) is 9.18. The Balaban J connectivity index is 4.05. The molecule has 1 N–H and O–H groups in total. The summed E-state index contributed by atoms with van der Waals surface area (Å²) in [5.41, 5.74) is 1.99. The molecule has 110 valence electrons. The van der Waals surface area contributed by atoms with E-state index in [0.717, 1.165) is 19.3 Å². The minimum Gasteiger partial charge on any atom is -0.390 e. The van der Waals surface area contributed by atoms with Gasteiger partial charge in [-0.2, -0.15) is 0 Å². The number of rotatable bonds is 9. The fraction of sp³-hybridized carbons (Fsp3) is 0.706. The maximum Gasteiger partial charge on any atom is 0.129 e. The molecule has 19 heavy (non-hydrogen) atoms. The maximum atomic E-state index is 10.9. The molecule has 0 aliphatic rings. The third-order valence-electron chi connectivity index (χ3n) is 3.23. The molecule has 0 radical (unpaired) electrons. The van der Waals surface area contributed by atoms with Crippen LogP contribution >= 0.6 is 0 Å². The molecule has 0 saturated heterocycles. The van der Waals surface area contributed by atoms with Gasteiger partial charge in [0.15, 0.2) is 0 Å². The van der Waals surface area contributed by atoms with Gasteiger partial charge in [0.1, 0.15) is 5.78 Å². The van der Waals surface area contributed by atoms with E-state index in [-0.39, 0.29) is 5.78 Å². The number of allylic oxidation sites excluding steroid dienone is 3. The first-order valence-electron chi connectivity index (χ1n) is 7.24. The SMILES string of the molecule is CC(=O)CCCC(C)(O)CC=C(C)CCC=C(C)C. The number of hydrogen-bond acceptors (Lipinski definition) is 2. The van der Waals surface area contributed by atoms with Crippen molar-refractivity contribution in [2.24, 2.45) is 0 Å². The molecule has 1 unspecified atom stereocenters. The first-order chi connectivity index (χ1) is 8.73. The molecule has 0 bridgehead atoms. The van der Waals surface area contributed by atoms with Crippen LogP contribution in [0.15, 0.2) is 23.3 Å². The topological polar surface area (TPSA) is 37.3 Å². The second-order valence-electron chi connectivity index (χ2n) is 6.13. The van der Waals surface area contributed by atoms with E-state index in [4.69, 9.17) is 0 Å². The van der Waals surface area contributed by atoms with E-state index < -0.39 is 5.60 Å². The lowest BCUT2D eigenvalue weighted by atomic mass is 9.93. The van der Waals surface area contributed by atoms with Crippen LogP contribution in [0.3, 0.4) is 0 Å². The molecule has 0 aromatic carbocycles. The van der Waals surface area contributed by atoms with Crippen molar-refractivity contribution in [3.8, 4) is 0 Å². The molecular weight excluding hydrogens is 236 g/mol. The van der Waals surface area contributed by atoms with Crippen LogP contribution in [-0.2, 0) is 4.79 Å². The number of carbonyl (C=O) groups excluding carboxylic acids is 1. The van der Waals surface area contributed by atoms with E-state index in [1.807, 2.05) is 6.92 Å².